The van der Waals surface area contributed by atoms with Crippen LogP contribution in [0.15, 0.2) is 11.6 Å². The molecule has 0 radical (unpaired) electrons. The lowest BCUT2D eigenvalue weighted by Crippen LogP contribution is -2.36. The normalized spacial score (nSPS) is 28.3. The van der Waals surface area contributed by atoms with Gasteiger partial charge in [0.1, 0.15) is 0 Å². The predicted octanol–water partition coefficient (Wildman–Crippen LogP) is 2.79. The Hall–Kier alpha value is -1.69. The van der Waals surface area contributed by atoms with E-state index in [1.807, 2.05) is 6.92 Å². The van der Waals surface area contributed by atoms with E-state index in [0.717, 1.165) is 24.8 Å². The number of allylic oxidation sites excluding steroid dienone is 1. The molecule has 0 aromatic rings. The number of ether oxygens (including phenoxy) is 2. The highest BCUT2D eigenvalue weighted by Gasteiger charge is 2.31. The lowest BCUT2D eigenvalue weighted by atomic mass is 9.78. The number of nitrogens with two attached hydrogens (primary N) is 1. The summed E-state index contributed by atoms with van der Waals surface area (Å²) < 4.78 is 9.90. The van der Waals surface area contributed by atoms with E-state index in [-0.39, 0.29) is 35.6 Å². The van der Waals surface area contributed by atoms with Gasteiger partial charge in [-0.05, 0) is 58.4 Å². The fourth-order valence-electron chi connectivity index (χ4n) is 3.52. The van der Waals surface area contributed by atoms with Gasteiger partial charge in [-0.3, -0.25) is 14.4 Å². The molecule has 6 heteroatoms. The molecule has 0 heterocycles. The van der Waals surface area contributed by atoms with Crippen molar-refractivity contribution in [3.05, 3.63) is 11.6 Å². The topological polar surface area (TPSA) is 95.7 Å². The first-order valence-corrected chi connectivity index (χ1v) is 9.59. The molecule has 2 aliphatic carbocycles. The van der Waals surface area contributed by atoms with Gasteiger partial charge in [-0.1, -0.05) is 12.5 Å². The van der Waals surface area contributed by atoms with Crippen molar-refractivity contribution in [2.45, 2.75) is 65.8 Å². The molecular weight excluding hydrogens is 334 g/mol. The van der Waals surface area contributed by atoms with Crippen LogP contribution in [0.1, 0.15) is 59.8 Å². The van der Waals surface area contributed by atoms with E-state index >= 15 is 0 Å². The quantitative estimate of drug-likeness (QED) is 0.768. The van der Waals surface area contributed by atoms with Crippen molar-refractivity contribution in [2.24, 2.45) is 23.5 Å². The highest BCUT2D eigenvalue weighted by molar-refractivity contribution is 5.93. The van der Waals surface area contributed by atoms with Gasteiger partial charge in [0.05, 0.1) is 25.0 Å². The van der Waals surface area contributed by atoms with Crippen LogP contribution < -0.4 is 5.73 Å². The molecule has 0 saturated heterocycles. The fraction of sp³-hybridized carbons (Fsp3) is 0.750. The third-order valence-corrected chi connectivity index (χ3v) is 4.99. The first-order valence-electron chi connectivity index (χ1n) is 9.59. The largest absolute Gasteiger partial charge is 0.466 e. The summed E-state index contributed by atoms with van der Waals surface area (Å²) in [6, 6.07) is 0.278. The standard InChI is InChI=1S/C10H19NO2.C10H14O3/c2*1-3-13-10(12)9-5-4-8(11)6-7(9)2/h7-9H,3-6,11H2,1-2H3;6,9H,3-5H2,1-2H3. The Kier molecular flexibility index (Phi) is 9.55. The molecule has 1 fully saturated rings. The van der Waals surface area contributed by atoms with Gasteiger partial charge in [0, 0.05) is 12.5 Å². The molecule has 0 aromatic heterocycles. The third kappa shape index (κ3) is 6.90. The Bertz CT molecular complexity index is 528. The van der Waals surface area contributed by atoms with Crippen LogP contribution >= 0.6 is 0 Å². The van der Waals surface area contributed by atoms with Gasteiger partial charge < -0.3 is 15.2 Å². The van der Waals surface area contributed by atoms with E-state index in [0.29, 0.717) is 32.0 Å². The van der Waals surface area contributed by atoms with E-state index in [1.54, 1.807) is 19.9 Å². The third-order valence-electron chi connectivity index (χ3n) is 4.99. The van der Waals surface area contributed by atoms with Crippen LogP contribution in [0.5, 0.6) is 0 Å². The summed E-state index contributed by atoms with van der Waals surface area (Å²) in [5.41, 5.74) is 6.64. The van der Waals surface area contributed by atoms with Crippen LogP contribution in [-0.4, -0.2) is 37.0 Å². The Morgan fingerprint density at radius 3 is 2.27 bits per heavy atom. The Balaban J connectivity index is 0.000000260. The highest BCUT2D eigenvalue weighted by atomic mass is 16.5. The molecule has 148 valence electrons. The summed E-state index contributed by atoms with van der Waals surface area (Å²) in [7, 11) is 0. The van der Waals surface area contributed by atoms with Gasteiger partial charge in [-0.25, -0.2) is 0 Å². The van der Waals surface area contributed by atoms with Crippen molar-refractivity contribution in [1.29, 1.82) is 0 Å². The fourth-order valence-corrected chi connectivity index (χ4v) is 3.52. The van der Waals surface area contributed by atoms with Gasteiger partial charge in [0.25, 0.3) is 0 Å². The van der Waals surface area contributed by atoms with Crippen molar-refractivity contribution >= 4 is 17.7 Å². The number of rotatable bonds is 4. The first-order chi connectivity index (χ1) is 12.3. The van der Waals surface area contributed by atoms with Crippen molar-refractivity contribution in [1.82, 2.24) is 0 Å². The Morgan fingerprint density at radius 1 is 1.12 bits per heavy atom. The van der Waals surface area contributed by atoms with E-state index in [4.69, 9.17) is 15.2 Å². The molecule has 0 bridgehead atoms. The van der Waals surface area contributed by atoms with E-state index < -0.39 is 0 Å². The molecule has 26 heavy (non-hydrogen) atoms. The summed E-state index contributed by atoms with van der Waals surface area (Å²) in [5.74, 6) is 0.129. The van der Waals surface area contributed by atoms with Gasteiger partial charge in [0.2, 0.25) is 0 Å². The second kappa shape index (κ2) is 11.1. The number of ketones is 1. The molecule has 6 nitrogen and oxygen atoms in total. The summed E-state index contributed by atoms with van der Waals surface area (Å²) in [4.78, 5) is 33.8. The molecule has 0 aliphatic heterocycles. The zero-order chi connectivity index (χ0) is 19.7. The van der Waals surface area contributed by atoms with E-state index in [1.165, 1.54) is 0 Å². The maximum absolute atomic E-state index is 11.5. The molecule has 2 aliphatic rings. The Morgan fingerprint density at radius 2 is 1.73 bits per heavy atom. The predicted molar refractivity (Wildman–Crippen MR) is 99.2 cm³/mol. The molecule has 0 spiro atoms. The molecule has 4 atom stereocenters. The molecular formula is C20H33NO5. The summed E-state index contributed by atoms with van der Waals surface area (Å²) in [6.07, 6.45) is 5.39. The smallest absolute Gasteiger partial charge is 0.313 e. The van der Waals surface area contributed by atoms with Gasteiger partial charge in [0.15, 0.2) is 5.78 Å². The zero-order valence-corrected chi connectivity index (χ0v) is 16.5. The van der Waals surface area contributed by atoms with Crippen LogP contribution in [-0.2, 0) is 23.9 Å². The number of hydrogen-bond acceptors (Lipinski definition) is 6. The van der Waals surface area contributed by atoms with Crippen LogP contribution in [0.3, 0.4) is 0 Å². The number of hydrogen-bond donors (Lipinski definition) is 1. The number of carbonyl (C=O) groups is 3. The maximum atomic E-state index is 11.5. The van der Waals surface area contributed by atoms with Crippen molar-refractivity contribution < 1.29 is 23.9 Å². The average molecular weight is 367 g/mol. The number of esters is 2. The highest BCUT2D eigenvalue weighted by Crippen LogP contribution is 2.29. The van der Waals surface area contributed by atoms with Gasteiger partial charge in [-0.2, -0.15) is 0 Å². The minimum Gasteiger partial charge on any atom is -0.466 e. The minimum absolute atomic E-state index is 0.0399. The SMILES string of the molecule is CCOC(=O)C1CCC(=O)C=C1C.CCOC(=O)C1CCC(N)CC1C. The molecule has 2 rings (SSSR count). The van der Waals surface area contributed by atoms with Crippen molar-refractivity contribution in [3.63, 3.8) is 0 Å². The van der Waals surface area contributed by atoms with E-state index in [9.17, 15) is 14.4 Å². The molecule has 0 amide bonds. The zero-order valence-electron chi connectivity index (χ0n) is 16.5. The summed E-state index contributed by atoms with van der Waals surface area (Å²) in [6.45, 7) is 8.39. The molecule has 4 unspecified atom stereocenters. The van der Waals surface area contributed by atoms with Crippen molar-refractivity contribution in [2.75, 3.05) is 13.2 Å². The minimum atomic E-state index is -0.205. The molecule has 2 N–H and O–H groups in total. The molecule has 1 saturated carbocycles. The summed E-state index contributed by atoms with van der Waals surface area (Å²) in [5, 5.41) is 0. The van der Waals surface area contributed by atoms with Crippen LogP contribution in [0.25, 0.3) is 0 Å². The lowest BCUT2D eigenvalue weighted by molar-refractivity contribution is -0.151. The molecule has 0 aromatic carbocycles. The van der Waals surface area contributed by atoms with E-state index in [2.05, 4.69) is 6.92 Å². The monoisotopic (exact) mass is 367 g/mol. The lowest BCUT2D eigenvalue weighted by Gasteiger charge is -2.30. The first kappa shape index (κ1) is 22.4. The van der Waals surface area contributed by atoms with Crippen LogP contribution in [0.4, 0.5) is 0 Å². The maximum Gasteiger partial charge on any atom is 0.313 e. The van der Waals surface area contributed by atoms with Crippen LogP contribution in [0, 0.1) is 17.8 Å². The second-order valence-electron chi connectivity index (χ2n) is 7.11. The second-order valence-corrected chi connectivity index (χ2v) is 7.11. The van der Waals surface area contributed by atoms with Crippen molar-refractivity contribution in [3.8, 4) is 0 Å². The average Bonchev–Trinajstić information content (AvgIpc) is 2.55. The van der Waals surface area contributed by atoms with Gasteiger partial charge >= 0.3 is 11.9 Å². The number of carbonyl (C=O) groups excluding carboxylic acids is 3. The Labute approximate surface area is 156 Å². The van der Waals surface area contributed by atoms with Crippen LogP contribution in [0.2, 0.25) is 0 Å². The summed E-state index contributed by atoms with van der Waals surface area (Å²) >= 11 is 0. The van der Waals surface area contributed by atoms with Gasteiger partial charge in [-0.15, -0.1) is 0 Å².